The molecule has 1 aliphatic heterocycles. The Hall–Kier alpha value is -5.05. The van der Waals surface area contributed by atoms with Gasteiger partial charge in [-0.25, -0.2) is 4.39 Å². The third-order valence-electron chi connectivity index (χ3n) is 9.22. The molecule has 1 saturated heterocycles. The van der Waals surface area contributed by atoms with E-state index >= 15 is 0 Å². The topological polar surface area (TPSA) is 110 Å². The van der Waals surface area contributed by atoms with Crippen molar-refractivity contribution in [1.82, 2.24) is 0 Å². The summed E-state index contributed by atoms with van der Waals surface area (Å²) in [7, 11) is 0. The van der Waals surface area contributed by atoms with Gasteiger partial charge in [-0.2, -0.15) is 0 Å². The molecule has 4 aromatic carbocycles. The Morgan fingerprint density at radius 3 is 2.26 bits per heavy atom. The predicted molar refractivity (Wildman–Crippen MR) is 181 cm³/mol. The summed E-state index contributed by atoms with van der Waals surface area (Å²) >= 11 is 0. The monoisotopic (exact) mass is 632 g/mol. The zero-order valence-corrected chi connectivity index (χ0v) is 26.0. The molecule has 0 unspecified atom stereocenters. The average Bonchev–Trinajstić information content (AvgIpc) is 3.33. The van der Waals surface area contributed by atoms with Gasteiger partial charge in [-0.3, -0.25) is 14.5 Å². The molecule has 6 rings (SSSR count). The maximum Gasteiger partial charge on any atom is 0.238 e. The van der Waals surface area contributed by atoms with Crippen LogP contribution < -0.4 is 10.2 Å². The Bertz CT molecular complexity index is 1820. The number of amides is 2. The Balaban J connectivity index is 1.21. The molecule has 0 bridgehead atoms. The second-order valence-corrected chi connectivity index (χ2v) is 12.2. The maximum absolute atomic E-state index is 14.1. The summed E-state index contributed by atoms with van der Waals surface area (Å²) in [5, 5.41) is 35.1. The largest absolute Gasteiger partial charge is 0.505 e. The summed E-state index contributed by atoms with van der Waals surface area (Å²) in [5.41, 5.74) is 5.91. The number of hydrogen-bond donors (Lipinski definition) is 4. The van der Waals surface area contributed by atoms with Crippen molar-refractivity contribution < 1.29 is 29.3 Å². The third kappa shape index (κ3) is 6.61. The quantitative estimate of drug-likeness (QED) is 0.0845. The fraction of sp³-hybridized carbons (Fsp3) is 0.231. The molecular weight excluding hydrogens is 595 g/mol. The van der Waals surface area contributed by atoms with Gasteiger partial charge in [-0.05, 0) is 97.0 Å². The van der Waals surface area contributed by atoms with Gasteiger partial charge in [-0.15, -0.1) is 0 Å². The molecular formula is C39H37FN2O5. The number of aliphatic hydroxyl groups is 2. The van der Waals surface area contributed by atoms with Crippen molar-refractivity contribution in [2.45, 2.75) is 32.3 Å². The van der Waals surface area contributed by atoms with Crippen LogP contribution in [0.15, 0.2) is 114 Å². The number of hydrogen-bond acceptors (Lipinski definition) is 6. The number of benzene rings is 4. The lowest BCUT2D eigenvalue weighted by molar-refractivity contribution is -0.123. The molecule has 1 heterocycles. The van der Waals surface area contributed by atoms with Crippen LogP contribution in [0, 0.1) is 23.6 Å². The standard InChI is InChI=1S/C39H37FN2O5/c1-24-20-31-37(39(47)42(38(31)46)30-16-14-29(15-17-30)41-28-10-6-3-7-11-28)32(23-43)36(24)35(45)19-13-27(26-8-4-2-5-9-26)21-25-12-18-34(44)33(40)22-25/h2-12,14-18,21-22,31-32,35,37,41,43-45H,13,19-20,23H2,1H3/b27-21-/t31-,32+,35-,37-/m1/s1. The first-order valence-corrected chi connectivity index (χ1v) is 15.8. The van der Waals surface area contributed by atoms with Crippen LogP contribution in [0.2, 0.25) is 0 Å². The lowest BCUT2D eigenvalue weighted by Crippen LogP contribution is -2.38. The minimum Gasteiger partial charge on any atom is -0.505 e. The van der Waals surface area contributed by atoms with Gasteiger partial charge in [0.05, 0.1) is 30.2 Å². The van der Waals surface area contributed by atoms with Crippen LogP contribution in [-0.2, 0) is 9.59 Å². The number of aliphatic hydroxyl groups excluding tert-OH is 2. The Labute approximate surface area is 273 Å². The molecule has 4 aromatic rings. The summed E-state index contributed by atoms with van der Waals surface area (Å²) in [6, 6.07) is 30.5. The van der Waals surface area contributed by atoms with Crippen LogP contribution >= 0.6 is 0 Å². The van der Waals surface area contributed by atoms with Crippen LogP contribution in [-0.4, -0.2) is 39.8 Å². The number of anilines is 3. The summed E-state index contributed by atoms with van der Waals surface area (Å²) in [5.74, 6) is -3.94. The number of carbonyl (C=O) groups excluding carboxylic acids is 2. The number of aromatic hydroxyl groups is 1. The minimum atomic E-state index is -0.975. The van der Waals surface area contributed by atoms with Crippen molar-refractivity contribution in [1.29, 1.82) is 0 Å². The van der Waals surface area contributed by atoms with E-state index in [0.29, 0.717) is 29.7 Å². The highest BCUT2D eigenvalue weighted by Gasteiger charge is 2.54. The van der Waals surface area contributed by atoms with Gasteiger partial charge in [-0.1, -0.05) is 66.2 Å². The van der Waals surface area contributed by atoms with Crippen LogP contribution in [0.1, 0.15) is 37.3 Å². The van der Waals surface area contributed by atoms with E-state index in [1.54, 1.807) is 18.2 Å². The number of halogens is 1. The Morgan fingerprint density at radius 2 is 1.60 bits per heavy atom. The van der Waals surface area contributed by atoms with E-state index in [-0.39, 0.29) is 24.8 Å². The molecule has 0 saturated carbocycles. The number of phenols is 1. The van der Waals surface area contributed by atoms with Crippen molar-refractivity contribution in [2.24, 2.45) is 17.8 Å². The molecule has 2 aliphatic rings. The van der Waals surface area contributed by atoms with Crippen molar-refractivity contribution in [3.05, 3.63) is 131 Å². The number of carbonyl (C=O) groups is 2. The number of rotatable bonds is 10. The van der Waals surface area contributed by atoms with E-state index < -0.39 is 35.4 Å². The second kappa shape index (κ2) is 13.7. The highest BCUT2D eigenvalue weighted by atomic mass is 19.1. The molecule has 1 aliphatic carbocycles. The van der Waals surface area contributed by atoms with Crippen molar-refractivity contribution in [3.8, 4) is 5.75 Å². The number of nitrogens with zero attached hydrogens (tertiary/aromatic N) is 1. The molecule has 0 spiro atoms. The van der Waals surface area contributed by atoms with Crippen LogP contribution in [0.25, 0.3) is 11.6 Å². The molecule has 4 N–H and O–H groups in total. The maximum atomic E-state index is 14.1. The summed E-state index contributed by atoms with van der Waals surface area (Å²) in [6.07, 6.45) is 1.86. The summed E-state index contributed by atoms with van der Waals surface area (Å²) in [4.78, 5) is 28.8. The summed E-state index contributed by atoms with van der Waals surface area (Å²) < 4.78 is 14.1. The average molecular weight is 633 g/mol. The Kier molecular flexibility index (Phi) is 9.33. The smallest absolute Gasteiger partial charge is 0.238 e. The normalized spacial score (nSPS) is 20.4. The second-order valence-electron chi connectivity index (χ2n) is 12.2. The zero-order valence-electron chi connectivity index (χ0n) is 26.0. The van der Waals surface area contributed by atoms with Gasteiger partial charge in [0.1, 0.15) is 0 Å². The molecule has 7 nitrogen and oxygen atoms in total. The fourth-order valence-electron chi connectivity index (χ4n) is 6.97. The Morgan fingerprint density at radius 1 is 0.936 bits per heavy atom. The van der Waals surface area contributed by atoms with E-state index in [1.807, 2.05) is 85.8 Å². The number of fused-ring (bicyclic) bond motifs is 1. The van der Waals surface area contributed by atoms with Gasteiger partial charge in [0.2, 0.25) is 11.8 Å². The van der Waals surface area contributed by atoms with E-state index in [0.717, 1.165) is 28.1 Å². The molecule has 0 radical (unpaired) electrons. The highest BCUT2D eigenvalue weighted by Crippen LogP contribution is 2.47. The number of para-hydroxylation sites is 1. The minimum absolute atomic E-state index is 0.281. The van der Waals surface area contributed by atoms with Crippen molar-refractivity contribution in [2.75, 3.05) is 16.8 Å². The first-order chi connectivity index (χ1) is 22.7. The molecule has 0 aromatic heterocycles. The number of phenolic OH excluding ortho intramolecular Hbond substituents is 1. The lowest BCUT2D eigenvalue weighted by atomic mass is 9.68. The lowest BCUT2D eigenvalue weighted by Gasteiger charge is -2.35. The molecule has 8 heteroatoms. The van der Waals surface area contributed by atoms with Gasteiger partial charge in [0.15, 0.2) is 11.6 Å². The molecule has 4 atom stereocenters. The van der Waals surface area contributed by atoms with Crippen LogP contribution in [0.4, 0.5) is 21.5 Å². The molecule has 2 amide bonds. The van der Waals surface area contributed by atoms with E-state index in [1.165, 1.54) is 17.0 Å². The SMILES string of the molecule is CC1=C([C@H](O)CC/C(=C/c2ccc(O)c(F)c2)c2ccccc2)[C@H](CO)[C@@H]2C(=O)N(c3ccc(Nc4ccccc4)cc3)C(=O)[C@@H]2C1. The van der Waals surface area contributed by atoms with Gasteiger partial charge >= 0.3 is 0 Å². The molecule has 240 valence electrons. The highest BCUT2D eigenvalue weighted by molar-refractivity contribution is 6.22. The van der Waals surface area contributed by atoms with Crippen molar-refractivity contribution in [3.63, 3.8) is 0 Å². The number of imide groups is 1. The zero-order chi connectivity index (χ0) is 33.1. The first kappa shape index (κ1) is 31.9. The predicted octanol–water partition coefficient (Wildman–Crippen LogP) is 7.09. The number of nitrogens with one attached hydrogen (secondary N) is 1. The third-order valence-corrected chi connectivity index (χ3v) is 9.22. The van der Waals surface area contributed by atoms with Gasteiger partial charge < -0.3 is 20.6 Å². The van der Waals surface area contributed by atoms with Gasteiger partial charge in [0.25, 0.3) is 0 Å². The van der Waals surface area contributed by atoms with E-state index in [9.17, 15) is 29.3 Å². The van der Waals surface area contributed by atoms with Gasteiger partial charge in [0, 0.05) is 17.3 Å². The van der Waals surface area contributed by atoms with Crippen molar-refractivity contribution >= 4 is 40.5 Å². The number of allylic oxidation sites excluding steroid dienone is 2. The molecule has 47 heavy (non-hydrogen) atoms. The van der Waals surface area contributed by atoms with E-state index in [4.69, 9.17) is 0 Å². The van der Waals surface area contributed by atoms with Crippen LogP contribution in [0.5, 0.6) is 5.75 Å². The fourth-order valence-corrected chi connectivity index (χ4v) is 6.97. The molecule has 1 fully saturated rings. The first-order valence-electron chi connectivity index (χ1n) is 15.8. The van der Waals surface area contributed by atoms with Crippen LogP contribution in [0.3, 0.4) is 0 Å². The summed E-state index contributed by atoms with van der Waals surface area (Å²) in [6.45, 7) is 1.47. The van der Waals surface area contributed by atoms with E-state index in [2.05, 4.69) is 5.32 Å².